The zero-order valence-electron chi connectivity index (χ0n) is 11.2. The molecule has 1 aromatic carbocycles. The summed E-state index contributed by atoms with van der Waals surface area (Å²) >= 11 is 1.30. The Hall–Kier alpha value is -2.14. The van der Waals surface area contributed by atoms with Gasteiger partial charge in [0.05, 0.1) is 10.6 Å². The maximum absolute atomic E-state index is 11.7. The van der Waals surface area contributed by atoms with E-state index in [0.717, 1.165) is 0 Å². The number of anilines is 1. The fraction of sp³-hybridized carbons (Fsp3) is 0.200. The number of nitrogens with one attached hydrogen (secondary N) is 1. The summed E-state index contributed by atoms with van der Waals surface area (Å²) < 4.78 is 0. The van der Waals surface area contributed by atoms with Gasteiger partial charge in [-0.15, -0.1) is 11.3 Å². The number of ketones is 1. The summed E-state index contributed by atoms with van der Waals surface area (Å²) in [7, 11) is 0. The Morgan fingerprint density at radius 2 is 1.85 bits per heavy atom. The fourth-order valence-electron chi connectivity index (χ4n) is 1.97. The smallest absolute Gasteiger partial charge is 0.333 e. The van der Waals surface area contributed by atoms with E-state index in [9.17, 15) is 14.7 Å². The van der Waals surface area contributed by atoms with E-state index in [4.69, 9.17) is 0 Å². The summed E-state index contributed by atoms with van der Waals surface area (Å²) in [5.41, 5.74) is -0.101. The molecule has 1 unspecified atom stereocenters. The van der Waals surface area contributed by atoms with Gasteiger partial charge in [-0.25, -0.2) is 4.79 Å². The summed E-state index contributed by atoms with van der Waals surface area (Å²) in [6.07, 6.45) is 0. The van der Waals surface area contributed by atoms with Crippen molar-refractivity contribution in [1.29, 1.82) is 0 Å². The summed E-state index contributed by atoms with van der Waals surface area (Å²) in [5, 5.41) is 14.3. The zero-order valence-corrected chi connectivity index (χ0v) is 12.0. The van der Waals surface area contributed by atoms with Crippen LogP contribution in [0.1, 0.15) is 29.1 Å². The Kier molecular flexibility index (Phi) is 3.90. The van der Waals surface area contributed by atoms with E-state index < -0.39 is 11.5 Å². The average molecular weight is 289 g/mol. The highest BCUT2D eigenvalue weighted by Crippen LogP contribution is 2.31. The lowest BCUT2D eigenvalue weighted by atomic mass is 9.91. The minimum atomic E-state index is -1.29. The van der Waals surface area contributed by atoms with Crippen LogP contribution >= 0.6 is 11.3 Å². The topological polar surface area (TPSA) is 66.4 Å². The van der Waals surface area contributed by atoms with E-state index in [1.807, 2.05) is 6.07 Å². The highest BCUT2D eigenvalue weighted by molar-refractivity contribution is 7.12. The molecule has 4 nitrogen and oxygen atoms in total. The van der Waals surface area contributed by atoms with Gasteiger partial charge >= 0.3 is 5.97 Å². The quantitative estimate of drug-likeness (QED) is 0.828. The van der Waals surface area contributed by atoms with Gasteiger partial charge in [-0.2, -0.15) is 0 Å². The van der Waals surface area contributed by atoms with Gasteiger partial charge in [0.2, 0.25) is 0 Å². The summed E-state index contributed by atoms with van der Waals surface area (Å²) in [5.74, 6) is -1.08. The van der Waals surface area contributed by atoms with Crippen molar-refractivity contribution < 1.29 is 14.7 Å². The summed E-state index contributed by atoms with van der Waals surface area (Å²) in [6.45, 7) is 3.06. The van der Waals surface area contributed by atoms with Crippen LogP contribution in [0.4, 0.5) is 5.69 Å². The fourth-order valence-corrected chi connectivity index (χ4v) is 2.72. The molecule has 0 radical (unpaired) electrons. The molecule has 1 heterocycles. The van der Waals surface area contributed by atoms with Crippen molar-refractivity contribution in [2.24, 2.45) is 0 Å². The lowest BCUT2D eigenvalue weighted by Gasteiger charge is -2.28. The van der Waals surface area contributed by atoms with Gasteiger partial charge in [0.15, 0.2) is 11.3 Å². The number of benzene rings is 1. The number of carboxylic acid groups (broad SMARTS) is 1. The molecule has 104 valence electrons. The van der Waals surface area contributed by atoms with Crippen LogP contribution < -0.4 is 5.32 Å². The molecule has 20 heavy (non-hydrogen) atoms. The number of carbonyl (C=O) groups is 2. The third-order valence-corrected chi connectivity index (χ3v) is 4.16. The lowest BCUT2D eigenvalue weighted by molar-refractivity contribution is -0.142. The van der Waals surface area contributed by atoms with Crippen molar-refractivity contribution >= 4 is 28.8 Å². The molecule has 0 fully saturated rings. The Bertz CT molecular complexity index is 636. The second kappa shape index (κ2) is 5.46. The van der Waals surface area contributed by atoms with Crippen LogP contribution in [0.2, 0.25) is 0 Å². The first-order chi connectivity index (χ1) is 9.45. The molecule has 0 aliphatic carbocycles. The van der Waals surface area contributed by atoms with E-state index in [2.05, 4.69) is 5.32 Å². The van der Waals surface area contributed by atoms with E-state index in [-0.39, 0.29) is 5.78 Å². The van der Waals surface area contributed by atoms with Crippen LogP contribution in [-0.4, -0.2) is 16.9 Å². The second-order valence-corrected chi connectivity index (χ2v) is 5.56. The maximum Gasteiger partial charge on any atom is 0.333 e. The number of rotatable bonds is 5. The van der Waals surface area contributed by atoms with Gasteiger partial charge in [-0.3, -0.25) is 4.79 Å². The van der Waals surface area contributed by atoms with Gasteiger partial charge in [0, 0.05) is 6.92 Å². The standard InChI is InChI=1S/C15H15NO3S/c1-10(17)13-12(8-9-20-13)16-15(2,14(18)19)11-6-4-3-5-7-11/h3-9,16H,1-2H3,(H,18,19). The molecule has 0 spiro atoms. The number of hydrogen-bond donors (Lipinski definition) is 2. The SMILES string of the molecule is CC(=O)c1sccc1NC(C)(C(=O)O)c1ccccc1. The zero-order chi connectivity index (χ0) is 14.8. The molecule has 0 saturated carbocycles. The van der Waals surface area contributed by atoms with Crippen molar-refractivity contribution in [2.75, 3.05) is 5.32 Å². The van der Waals surface area contributed by atoms with E-state index in [1.165, 1.54) is 18.3 Å². The third-order valence-electron chi connectivity index (χ3n) is 3.15. The molecule has 2 N–H and O–H groups in total. The van der Waals surface area contributed by atoms with Crippen molar-refractivity contribution in [3.8, 4) is 0 Å². The van der Waals surface area contributed by atoms with Crippen molar-refractivity contribution in [2.45, 2.75) is 19.4 Å². The molecule has 0 bridgehead atoms. The van der Waals surface area contributed by atoms with Gasteiger partial charge in [-0.05, 0) is 23.9 Å². The lowest BCUT2D eigenvalue weighted by Crippen LogP contribution is -2.40. The number of thiophene rings is 1. The first kappa shape index (κ1) is 14.3. The molecule has 0 amide bonds. The average Bonchev–Trinajstić information content (AvgIpc) is 2.87. The monoisotopic (exact) mass is 289 g/mol. The molecule has 2 rings (SSSR count). The molecule has 1 aromatic heterocycles. The van der Waals surface area contributed by atoms with Crippen LogP contribution in [-0.2, 0) is 10.3 Å². The molecule has 5 heteroatoms. The number of carbonyl (C=O) groups excluding carboxylic acids is 1. The first-order valence-electron chi connectivity index (χ1n) is 6.10. The van der Waals surface area contributed by atoms with Crippen molar-refractivity contribution in [3.05, 3.63) is 52.2 Å². The Balaban J connectivity index is 2.43. The summed E-state index contributed by atoms with van der Waals surface area (Å²) in [6, 6.07) is 10.6. The van der Waals surface area contributed by atoms with Crippen LogP contribution in [0, 0.1) is 0 Å². The number of carboxylic acids is 1. The number of hydrogen-bond acceptors (Lipinski definition) is 4. The molecular formula is C15H15NO3S. The molecular weight excluding hydrogens is 274 g/mol. The van der Waals surface area contributed by atoms with Gasteiger partial charge < -0.3 is 10.4 Å². The van der Waals surface area contributed by atoms with E-state index in [1.54, 1.807) is 42.6 Å². The Labute approximate surface area is 121 Å². The summed E-state index contributed by atoms with van der Waals surface area (Å²) in [4.78, 5) is 23.8. The Morgan fingerprint density at radius 3 is 2.40 bits per heavy atom. The third kappa shape index (κ3) is 2.58. The highest BCUT2D eigenvalue weighted by atomic mass is 32.1. The van der Waals surface area contributed by atoms with E-state index in [0.29, 0.717) is 16.1 Å². The molecule has 0 aliphatic heterocycles. The number of aliphatic carboxylic acids is 1. The predicted octanol–water partition coefficient (Wildman–Crippen LogP) is 3.36. The van der Waals surface area contributed by atoms with Crippen LogP contribution in [0.25, 0.3) is 0 Å². The van der Waals surface area contributed by atoms with Crippen molar-refractivity contribution in [1.82, 2.24) is 0 Å². The van der Waals surface area contributed by atoms with Crippen LogP contribution in [0.15, 0.2) is 41.8 Å². The normalized spacial score (nSPS) is 13.5. The second-order valence-electron chi connectivity index (χ2n) is 4.64. The minimum absolute atomic E-state index is 0.0803. The molecule has 0 aliphatic rings. The molecule has 2 aromatic rings. The number of Topliss-reactive ketones (excluding diaryl/α,β-unsaturated/α-hetero) is 1. The van der Waals surface area contributed by atoms with Crippen LogP contribution in [0.3, 0.4) is 0 Å². The van der Waals surface area contributed by atoms with E-state index >= 15 is 0 Å². The molecule has 0 saturated heterocycles. The minimum Gasteiger partial charge on any atom is -0.479 e. The largest absolute Gasteiger partial charge is 0.479 e. The van der Waals surface area contributed by atoms with Gasteiger partial charge in [0.1, 0.15) is 0 Å². The van der Waals surface area contributed by atoms with Gasteiger partial charge in [-0.1, -0.05) is 30.3 Å². The highest BCUT2D eigenvalue weighted by Gasteiger charge is 2.36. The van der Waals surface area contributed by atoms with Gasteiger partial charge in [0.25, 0.3) is 0 Å². The van der Waals surface area contributed by atoms with Crippen molar-refractivity contribution in [3.63, 3.8) is 0 Å². The maximum atomic E-state index is 11.7. The Morgan fingerprint density at radius 1 is 1.20 bits per heavy atom. The first-order valence-corrected chi connectivity index (χ1v) is 6.98. The predicted molar refractivity (Wildman–Crippen MR) is 79.4 cm³/mol. The van der Waals surface area contributed by atoms with Crippen LogP contribution in [0.5, 0.6) is 0 Å². The molecule has 1 atom stereocenters.